The van der Waals surface area contributed by atoms with Crippen molar-refractivity contribution in [1.82, 2.24) is 15.0 Å². The molecule has 0 aromatic carbocycles. The zero-order chi connectivity index (χ0) is 14.5. The second-order valence-electron chi connectivity index (χ2n) is 5.54. The van der Waals surface area contributed by atoms with Crippen LogP contribution < -0.4 is 15.0 Å². The van der Waals surface area contributed by atoms with Crippen LogP contribution in [0.15, 0.2) is 0 Å². The van der Waals surface area contributed by atoms with Gasteiger partial charge in [0.15, 0.2) is 0 Å². The van der Waals surface area contributed by atoms with Crippen molar-refractivity contribution < 1.29 is 4.74 Å². The molecule has 112 valence electrons. The van der Waals surface area contributed by atoms with Gasteiger partial charge in [-0.05, 0) is 32.1 Å². The first-order valence-electron chi connectivity index (χ1n) is 7.44. The molecule has 1 aromatic heterocycles. The monoisotopic (exact) mass is 279 g/mol. The van der Waals surface area contributed by atoms with Gasteiger partial charge in [-0.15, -0.1) is 0 Å². The van der Waals surface area contributed by atoms with Crippen LogP contribution in [0.1, 0.15) is 40.0 Å². The van der Waals surface area contributed by atoms with Crippen molar-refractivity contribution in [3.05, 3.63) is 0 Å². The van der Waals surface area contributed by atoms with E-state index in [0.29, 0.717) is 18.0 Å². The number of anilines is 2. The summed E-state index contributed by atoms with van der Waals surface area (Å²) in [5.74, 6) is 2.08. The molecule has 6 nitrogen and oxygen atoms in total. The van der Waals surface area contributed by atoms with E-state index in [2.05, 4.69) is 45.9 Å². The zero-order valence-electron chi connectivity index (χ0n) is 12.9. The molecule has 0 aliphatic carbocycles. The average molecular weight is 279 g/mol. The van der Waals surface area contributed by atoms with Gasteiger partial charge in [-0.25, -0.2) is 0 Å². The molecule has 1 aliphatic heterocycles. The number of methoxy groups -OCH3 is 1. The molecule has 2 unspecified atom stereocenters. The van der Waals surface area contributed by atoms with Crippen molar-refractivity contribution in [3.8, 4) is 6.01 Å². The van der Waals surface area contributed by atoms with Crippen LogP contribution in [-0.2, 0) is 0 Å². The van der Waals surface area contributed by atoms with Gasteiger partial charge in [0.2, 0.25) is 11.9 Å². The van der Waals surface area contributed by atoms with E-state index in [1.807, 2.05) is 0 Å². The van der Waals surface area contributed by atoms with E-state index in [-0.39, 0.29) is 0 Å². The molecule has 2 rings (SSSR count). The Kier molecular flexibility index (Phi) is 4.98. The number of nitrogens with zero attached hydrogens (tertiary/aromatic N) is 4. The predicted molar refractivity (Wildman–Crippen MR) is 80.4 cm³/mol. The Hall–Kier alpha value is -1.59. The lowest BCUT2D eigenvalue weighted by Crippen LogP contribution is -2.41. The van der Waals surface area contributed by atoms with Crippen molar-refractivity contribution in [2.45, 2.75) is 46.1 Å². The third-order valence-corrected chi connectivity index (χ3v) is 3.71. The largest absolute Gasteiger partial charge is 0.467 e. The van der Waals surface area contributed by atoms with Crippen LogP contribution in [0.5, 0.6) is 6.01 Å². The molecule has 1 N–H and O–H groups in total. The lowest BCUT2D eigenvalue weighted by atomic mass is 9.94. The molecule has 2 atom stereocenters. The number of hydrogen-bond donors (Lipinski definition) is 1. The topological polar surface area (TPSA) is 63.2 Å². The Morgan fingerprint density at radius 1 is 1.30 bits per heavy atom. The van der Waals surface area contributed by atoms with Crippen LogP contribution in [0.4, 0.5) is 11.9 Å². The van der Waals surface area contributed by atoms with Gasteiger partial charge in [-0.3, -0.25) is 0 Å². The summed E-state index contributed by atoms with van der Waals surface area (Å²) in [5, 5.41) is 3.20. The van der Waals surface area contributed by atoms with E-state index in [1.165, 1.54) is 12.8 Å². The second-order valence-corrected chi connectivity index (χ2v) is 5.54. The predicted octanol–water partition coefficient (Wildman–Crippen LogP) is 2.33. The molecule has 0 radical (unpaired) electrons. The fraction of sp³-hybridized carbons (Fsp3) is 0.786. The Morgan fingerprint density at radius 2 is 2.10 bits per heavy atom. The molecule has 0 amide bonds. The standard InChI is InChI=1S/C14H25N5O/c1-5-7-15-12-16-13(18-14(17-12)20-4)19-8-6-10(2)9-11(19)3/h10-11H,5-9H2,1-4H3,(H,15,16,17,18). The Morgan fingerprint density at radius 3 is 2.75 bits per heavy atom. The molecule has 1 aromatic rings. The van der Waals surface area contributed by atoms with Gasteiger partial charge < -0.3 is 15.0 Å². The third-order valence-electron chi connectivity index (χ3n) is 3.71. The number of piperidine rings is 1. The Bertz CT molecular complexity index is 440. The van der Waals surface area contributed by atoms with Gasteiger partial charge in [0.25, 0.3) is 0 Å². The van der Waals surface area contributed by atoms with Gasteiger partial charge in [-0.2, -0.15) is 15.0 Å². The average Bonchev–Trinajstić information content (AvgIpc) is 2.44. The number of hydrogen-bond acceptors (Lipinski definition) is 6. The smallest absolute Gasteiger partial charge is 0.322 e. The zero-order valence-corrected chi connectivity index (χ0v) is 12.9. The van der Waals surface area contributed by atoms with E-state index >= 15 is 0 Å². The fourth-order valence-corrected chi connectivity index (χ4v) is 2.59. The normalized spacial score (nSPS) is 22.7. The summed E-state index contributed by atoms with van der Waals surface area (Å²) in [5.41, 5.74) is 0. The molecule has 0 spiro atoms. The van der Waals surface area contributed by atoms with E-state index in [4.69, 9.17) is 4.74 Å². The highest BCUT2D eigenvalue weighted by Crippen LogP contribution is 2.26. The molecule has 0 bridgehead atoms. The summed E-state index contributed by atoms with van der Waals surface area (Å²) in [6, 6.07) is 0.823. The minimum Gasteiger partial charge on any atom is -0.467 e. The number of aromatic nitrogens is 3. The van der Waals surface area contributed by atoms with E-state index in [0.717, 1.165) is 31.4 Å². The van der Waals surface area contributed by atoms with Crippen LogP contribution in [-0.4, -0.2) is 41.2 Å². The summed E-state index contributed by atoms with van der Waals surface area (Å²) < 4.78 is 5.19. The van der Waals surface area contributed by atoms with Crippen molar-refractivity contribution in [1.29, 1.82) is 0 Å². The minimum absolute atomic E-state index is 0.374. The molecule has 20 heavy (non-hydrogen) atoms. The van der Waals surface area contributed by atoms with Crippen LogP contribution in [0, 0.1) is 5.92 Å². The highest BCUT2D eigenvalue weighted by atomic mass is 16.5. The van der Waals surface area contributed by atoms with Crippen LogP contribution in [0.3, 0.4) is 0 Å². The van der Waals surface area contributed by atoms with Crippen LogP contribution in [0.2, 0.25) is 0 Å². The number of rotatable bonds is 5. The molecule has 6 heteroatoms. The lowest BCUT2D eigenvalue weighted by molar-refractivity contribution is 0.362. The summed E-state index contributed by atoms with van der Waals surface area (Å²) in [6.07, 6.45) is 3.38. The van der Waals surface area contributed by atoms with Gasteiger partial charge in [0, 0.05) is 19.1 Å². The molecular formula is C14H25N5O. The molecule has 1 saturated heterocycles. The highest BCUT2D eigenvalue weighted by Gasteiger charge is 2.25. The molecule has 1 aliphatic rings. The van der Waals surface area contributed by atoms with Gasteiger partial charge in [0.1, 0.15) is 0 Å². The first-order chi connectivity index (χ1) is 9.63. The first-order valence-corrected chi connectivity index (χ1v) is 7.44. The van der Waals surface area contributed by atoms with E-state index < -0.39 is 0 Å². The van der Waals surface area contributed by atoms with Crippen LogP contribution in [0.25, 0.3) is 0 Å². The first kappa shape index (κ1) is 14.8. The number of ether oxygens (including phenoxy) is 1. The third kappa shape index (κ3) is 3.49. The SMILES string of the molecule is CCCNc1nc(OC)nc(N2CCC(C)CC2C)n1. The van der Waals surface area contributed by atoms with Crippen molar-refractivity contribution >= 4 is 11.9 Å². The summed E-state index contributed by atoms with van der Waals surface area (Å²) in [7, 11) is 1.59. The second kappa shape index (κ2) is 6.72. The molecule has 0 saturated carbocycles. The summed E-state index contributed by atoms with van der Waals surface area (Å²) in [6.45, 7) is 8.48. The minimum atomic E-state index is 0.374. The molecule has 2 heterocycles. The van der Waals surface area contributed by atoms with Gasteiger partial charge >= 0.3 is 6.01 Å². The number of nitrogens with one attached hydrogen (secondary N) is 1. The molecular weight excluding hydrogens is 254 g/mol. The van der Waals surface area contributed by atoms with Crippen molar-refractivity contribution in [2.75, 3.05) is 30.4 Å². The van der Waals surface area contributed by atoms with Crippen molar-refractivity contribution in [2.24, 2.45) is 5.92 Å². The summed E-state index contributed by atoms with van der Waals surface area (Å²) >= 11 is 0. The van der Waals surface area contributed by atoms with E-state index in [1.54, 1.807) is 7.11 Å². The molecule has 1 fully saturated rings. The Balaban J connectivity index is 2.21. The van der Waals surface area contributed by atoms with Gasteiger partial charge in [-0.1, -0.05) is 13.8 Å². The maximum atomic E-state index is 5.19. The van der Waals surface area contributed by atoms with Gasteiger partial charge in [0.05, 0.1) is 7.11 Å². The quantitative estimate of drug-likeness (QED) is 0.892. The van der Waals surface area contributed by atoms with Crippen LogP contribution >= 0.6 is 0 Å². The lowest BCUT2D eigenvalue weighted by Gasteiger charge is -2.36. The summed E-state index contributed by atoms with van der Waals surface area (Å²) in [4.78, 5) is 15.4. The van der Waals surface area contributed by atoms with E-state index in [9.17, 15) is 0 Å². The maximum absolute atomic E-state index is 5.19. The van der Waals surface area contributed by atoms with Crippen molar-refractivity contribution in [3.63, 3.8) is 0 Å². The highest BCUT2D eigenvalue weighted by molar-refractivity contribution is 5.39. The fourth-order valence-electron chi connectivity index (χ4n) is 2.59. The Labute approximate surface area is 121 Å². The maximum Gasteiger partial charge on any atom is 0.322 e.